The summed E-state index contributed by atoms with van der Waals surface area (Å²) in [5, 5.41) is 14.1. The van der Waals surface area contributed by atoms with E-state index in [4.69, 9.17) is 10.5 Å². The molecule has 0 saturated heterocycles. The van der Waals surface area contributed by atoms with Crippen LogP contribution in [0.1, 0.15) is 11.1 Å². The summed E-state index contributed by atoms with van der Waals surface area (Å²) in [6.07, 6.45) is 3.20. The average molecular weight is 338 g/mol. The molecule has 0 amide bonds. The number of nitriles is 1. The molecule has 0 atom stereocenters. The second-order valence-electron chi connectivity index (χ2n) is 4.93. The average Bonchev–Trinajstić information content (AvgIpc) is 2.91. The van der Waals surface area contributed by atoms with Gasteiger partial charge in [-0.3, -0.25) is 0 Å². The van der Waals surface area contributed by atoms with Gasteiger partial charge in [-0.2, -0.15) is 15.0 Å². The van der Waals surface area contributed by atoms with Crippen molar-refractivity contribution in [1.82, 2.24) is 19.7 Å². The number of hydrogen-bond donors (Lipinski definition) is 1. The lowest BCUT2D eigenvalue weighted by molar-refractivity contribution is 0.460. The van der Waals surface area contributed by atoms with Gasteiger partial charge in [-0.1, -0.05) is 12.1 Å². The van der Waals surface area contributed by atoms with E-state index in [1.807, 2.05) is 37.4 Å². The maximum Gasteiger partial charge on any atom is 0.224 e. The summed E-state index contributed by atoms with van der Waals surface area (Å²) in [5.41, 5.74) is 7.43. The fourth-order valence-electron chi connectivity index (χ4n) is 2.13. The second kappa shape index (κ2) is 6.60. The third kappa shape index (κ3) is 3.02. The number of nitrogen functional groups attached to an aromatic ring is 1. The fraction of sp³-hybridized carbons (Fsp3) is 0.125. The molecule has 24 heavy (non-hydrogen) atoms. The highest BCUT2D eigenvalue weighted by Gasteiger charge is 2.17. The third-order valence-corrected chi connectivity index (χ3v) is 3.92. The zero-order chi connectivity index (χ0) is 17.1. The van der Waals surface area contributed by atoms with Crippen molar-refractivity contribution >= 4 is 17.6 Å². The molecule has 1 aromatic carbocycles. The molecule has 2 aromatic heterocycles. The van der Waals surface area contributed by atoms with Crippen molar-refractivity contribution in [2.24, 2.45) is 0 Å². The third-order valence-electron chi connectivity index (χ3n) is 3.25. The molecule has 0 saturated carbocycles. The highest BCUT2D eigenvalue weighted by atomic mass is 32.2. The van der Waals surface area contributed by atoms with Crippen molar-refractivity contribution in [3.8, 4) is 23.5 Å². The Hall–Kier alpha value is -3.05. The van der Waals surface area contributed by atoms with Crippen LogP contribution in [0.5, 0.6) is 11.6 Å². The van der Waals surface area contributed by atoms with E-state index in [1.165, 1.54) is 22.8 Å². The number of ether oxygens (including phenoxy) is 1. The molecule has 0 radical (unpaired) electrons. The topological polar surface area (TPSA) is 103 Å². The van der Waals surface area contributed by atoms with E-state index in [0.717, 1.165) is 5.56 Å². The van der Waals surface area contributed by atoms with Gasteiger partial charge in [0.05, 0.1) is 0 Å². The first-order chi connectivity index (χ1) is 11.6. The molecule has 0 bridgehead atoms. The summed E-state index contributed by atoms with van der Waals surface area (Å²) >= 11 is 1.35. The number of rotatable bonds is 4. The van der Waals surface area contributed by atoms with E-state index in [9.17, 15) is 5.26 Å². The Labute approximate surface area is 143 Å². The van der Waals surface area contributed by atoms with Gasteiger partial charge in [-0.25, -0.2) is 9.97 Å². The van der Waals surface area contributed by atoms with E-state index in [-0.39, 0.29) is 5.82 Å². The highest BCUT2D eigenvalue weighted by Crippen LogP contribution is 2.27. The smallest absolute Gasteiger partial charge is 0.224 e. The van der Waals surface area contributed by atoms with Gasteiger partial charge in [-0.15, -0.1) is 11.8 Å². The summed E-state index contributed by atoms with van der Waals surface area (Å²) < 4.78 is 7.16. The minimum Gasteiger partial charge on any atom is -0.439 e. The highest BCUT2D eigenvalue weighted by molar-refractivity contribution is 7.98. The van der Waals surface area contributed by atoms with Gasteiger partial charge in [0, 0.05) is 6.07 Å². The standard InChI is InChI=1S/C16H14N6OS/c1-10-4-3-5-11(6-10)23-14-7-13(19-9-20-14)22-15(18)12(8-17)16(21-22)24-2/h3-7,9H,18H2,1-2H3. The Balaban J connectivity index is 1.97. The summed E-state index contributed by atoms with van der Waals surface area (Å²) in [6.45, 7) is 1.98. The molecular weight excluding hydrogens is 324 g/mol. The zero-order valence-electron chi connectivity index (χ0n) is 13.1. The van der Waals surface area contributed by atoms with Crippen LogP contribution in [0, 0.1) is 18.3 Å². The lowest BCUT2D eigenvalue weighted by Crippen LogP contribution is -2.05. The van der Waals surface area contributed by atoms with Gasteiger partial charge in [0.25, 0.3) is 0 Å². The molecule has 0 fully saturated rings. The van der Waals surface area contributed by atoms with Crippen molar-refractivity contribution in [2.45, 2.75) is 11.9 Å². The number of nitrogens with zero attached hydrogens (tertiary/aromatic N) is 5. The molecule has 0 spiro atoms. The molecule has 7 nitrogen and oxygen atoms in total. The molecular formula is C16H14N6OS. The summed E-state index contributed by atoms with van der Waals surface area (Å²) in [5.74, 6) is 1.71. The molecule has 0 aliphatic heterocycles. The predicted octanol–water partition coefficient (Wildman–Crippen LogP) is 2.94. The first kappa shape index (κ1) is 15.8. The maximum atomic E-state index is 9.21. The SMILES string of the molecule is CSc1nn(-c2cc(Oc3cccc(C)c3)ncn2)c(N)c1C#N. The van der Waals surface area contributed by atoms with Crippen LogP contribution in [-0.2, 0) is 0 Å². The van der Waals surface area contributed by atoms with E-state index in [2.05, 4.69) is 21.1 Å². The normalized spacial score (nSPS) is 10.4. The molecule has 0 unspecified atom stereocenters. The maximum absolute atomic E-state index is 9.21. The van der Waals surface area contributed by atoms with Gasteiger partial charge >= 0.3 is 0 Å². The lowest BCUT2D eigenvalue weighted by atomic mass is 10.2. The van der Waals surface area contributed by atoms with Crippen molar-refractivity contribution in [1.29, 1.82) is 5.26 Å². The Morgan fingerprint density at radius 3 is 2.79 bits per heavy atom. The van der Waals surface area contributed by atoms with Gasteiger partial charge in [0.1, 0.15) is 34.6 Å². The van der Waals surface area contributed by atoms with E-state index >= 15 is 0 Å². The lowest BCUT2D eigenvalue weighted by Gasteiger charge is -2.07. The number of benzene rings is 1. The van der Waals surface area contributed by atoms with Crippen LogP contribution in [-0.4, -0.2) is 26.0 Å². The Morgan fingerprint density at radius 2 is 2.12 bits per heavy atom. The molecule has 120 valence electrons. The van der Waals surface area contributed by atoms with E-state index < -0.39 is 0 Å². The summed E-state index contributed by atoms with van der Waals surface area (Å²) in [4.78, 5) is 8.27. The van der Waals surface area contributed by atoms with Gasteiger partial charge in [0.15, 0.2) is 5.82 Å². The summed E-state index contributed by atoms with van der Waals surface area (Å²) in [7, 11) is 0. The van der Waals surface area contributed by atoms with Crippen molar-refractivity contribution in [3.05, 3.63) is 47.8 Å². The van der Waals surface area contributed by atoms with Gasteiger partial charge in [0.2, 0.25) is 5.88 Å². The number of aryl methyl sites for hydroxylation is 1. The number of nitrogens with two attached hydrogens (primary N) is 1. The number of aromatic nitrogens is 4. The van der Waals surface area contributed by atoms with E-state index in [0.29, 0.717) is 28.0 Å². The van der Waals surface area contributed by atoms with Crippen LogP contribution in [0.4, 0.5) is 5.82 Å². The molecule has 0 aliphatic rings. The molecule has 0 aliphatic carbocycles. The zero-order valence-corrected chi connectivity index (χ0v) is 13.9. The minimum atomic E-state index is 0.238. The van der Waals surface area contributed by atoms with Crippen molar-refractivity contribution in [2.75, 3.05) is 12.0 Å². The molecule has 2 N–H and O–H groups in total. The number of thioether (sulfide) groups is 1. The second-order valence-corrected chi connectivity index (χ2v) is 5.72. The Kier molecular flexibility index (Phi) is 4.35. The van der Waals surface area contributed by atoms with E-state index in [1.54, 1.807) is 6.07 Å². The monoisotopic (exact) mass is 338 g/mol. The number of anilines is 1. The largest absolute Gasteiger partial charge is 0.439 e. The Bertz CT molecular complexity index is 931. The van der Waals surface area contributed by atoms with Crippen LogP contribution >= 0.6 is 11.8 Å². The molecule has 3 rings (SSSR count). The summed E-state index contributed by atoms with van der Waals surface area (Å²) in [6, 6.07) is 11.3. The fourth-order valence-corrected chi connectivity index (χ4v) is 2.65. The van der Waals surface area contributed by atoms with Crippen LogP contribution in [0.15, 0.2) is 41.7 Å². The van der Waals surface area contributed by atoms with Crippen LogP contribution < -0.4 is 10.5 Å². The van der Waals surface area contributed by atoms with Crippen LogP contribution in [0.25, 0.3) is 5.82 Å². The minimum absolute atomic E-state index is 0.238. The van der Waals surface area contributed by atoms with Crippen molar-refractivity contribution < 1.29 is 4.74 Å². The van der Waals surface area contributed by atoms with Gasteiger partial charge in [-0.05, 0) is 30.9 Å². The van der Waals surface area contributed by atoms with Crippen molar-refractivity contribution in [3.63, 3.8) is 0 Å². The quantitative estimate of drug-likeness (QED) is 0.729. The molecule has 3 aromatic rings. The van der Waals surface area contributed by atoms with Crippen LogP contribution in [0.3, 0.4) is 0 Å². The first-order valence-electron chi connectivity index (χ1n) is 7.02. The predicted molar refractivity (Wildman–Crippen MR) is 91.3 cm³/mol. The Morgan fingerprint density at radius 1 is 1.29 bits per heavy atom. The first-order valence-corrected chi connectivity index (χ1v) is 8.24. The number of hydrogen-bond acceptors (Lipinski definition) is 7. The van der Waals surface area contributed by atoms with Crippen LogP contribution in [0.2, 0.25) is 0 Å². The molecule has 8 heteroatoms. The van der Waals surface area contributed by atoms with Gasteiger partial charge < -0.3 is 10.5 Å². The molecule has 2 heterocycles.